The van der Waals surface area contributed by atoms with E-state index >= 15 is 0 Å². The fraction of sp³-hybridized carbons (Fsp3) is 0.273. The predicted molar refractivity (Wildman–Crippen MR) is 69.6 cm³/mol. The molecule has 1 aromatic carbocycles. The summed E-state index contributed by atoms with van der Waals surface area (Å²) < 4.78 is 6.56. The molecule has 1 heterocycles. The average molecular weight is 288 g/mol. The number of nitrogens with zero attached hydrogens (tertiary/aromatic N) is 2. The number of rotatable bonds is 3. The van der Waals surface area contributed by atoms with Crippen LogP contribution < -0.4 is 5.69 Å². The number of ether oxygens (including phenoxy) is 1. The summed E-state index contributed by atoms with van der Waals surface area (Å²) in [6, 6.07) is 4.92. The van der Waals surface area contributed by atoms with Crippen molar-refractivity contribution in [3.05, 3.63) is 44.6 Å². The number of hydrogen-bond acceptors (Lipinski definition) is 3. The van der Waals surface area contributed by atoms with Gasteiger partial charge in [-0.05, 0) is 25.1 Å². The minimum atomic E-state index is -0.354. The van der Waals surface area contributed by atoms with Gasteiger partial charge in [0.1, 0.15) is 6.10 Å². The minimum Gasteiger partial charge on any atom is -0.374 e. The van der Waals surface area contributed by atoms with Gasteiger partial charge in [0.15, 0.2) is 5.82 Å². The molecule has 0 radical (unpaired) electrons. The van der Waals surface area contributed by atoms with Gasteiger partial charge in [-0.1, -0.05) is 23.2 Å². The molecule has 1 atom stereocenters. The molecule has 0 aliphatic rings. The molecular weight excluding hydrogens is 277 g/mol. The molecule has 0 aliphatic carbocycles. The van der Waals surface area contributed by atoms with Crippen LogP contribution >= 0.6 is 23.2 Å². The Morgan fingerprint density at radius 1 is 1.39 bits per heavy atom. The Hall–Kier alpha value is -1.30. The van der Waals surface area contributed by atoms with E-state index in [2.05, 4.69) is 10.2 Å². The van der Waals surface area contributed by atoms with E-state index in [0.29, 0.717) is 21.6 Å². The van der Waals surface area contributed by atoms with Crippen LogP contribution in [-0.2, 0) is 4.74 Å². The Bertz CT molecular complexity index is 621. The fourth-order valence-electron chi connectivity index (χ4n) is 1.56. The summed E-state index contributed by atoms with van der Waals surface area (Å²) in [5.41, 5.74) is 0.231. The number of hydrogen-bond donors (Lipinski definition) is 1. The van der Waals surface area contributed by atoms with E-state index in [9.17, 15) is 4.79 Å². The van der Waals surface area contributed by atoms with Crippen molar-refractivity contribution in [2.45, 2.75) is 13.0 Å². The van der Waals surface area contributed by atoms with Crippen LogP contribution in [0.5, 0.6) is 0 Å². The zero-order valence-corrected chi connectivity index (χ0v) is 11.3. The largest absolute Gasteiger partial charge is 0.374 e. The topological polar surface area (TPSA) is 59.9 Å². The lowest BCUT2D eigenvalue weighted by molar-refractivity contribution is 0.110. The molecule has 96 valence electrons. The summed E-state index contributed by atoms with van der Waals surface area (Å²) in [6.07, 6.45) is -0.321. The maximum Gasteiger partial charge on any atom is 0.348 e. The molecule has 0 saturated heterocycles. The smallest absolute Gasteiger partial charge is 0.348 e. The van der Waals surface area contributed by atoms with Crippen LogP contribution in [0.3, 0.4) is 0 Å². The van der Waals surface area contributed by atoms with Crippen molar-refractivity contribution in [3.63, 3.8) is 0 Å². The van der Waals surface area contributed by atoms with Crippen molar-refractivity contribution in [2.75, 3.05) is 7.11 Å². The lowest BCUT2D eigenvalue weighted by atomic mass is 10.3. The van der Waals surface area contributed by atoms with Gasteiger partial charge >= 0.3 is 5.69 Å². The van der Waals surface area contributed by atoms with Gasteiger partial charge in [-0.2, -0.15) is 5.10 Å². The number of H-pyrrole nitrogens is 1. The van der Waals surface area contributed by atoms with Gasteiger partial charge < -0.3 is 4.74 Å². The second-order valence-corrected chi connectivity index (χ2v) is 4.51. The van der Waals surface area contributed by atoms with Gasteiger partial charge in [0.25, 0.3) is 0 Å². The highest BCUT2D eigenvalue weighted by Gasteiger charge is 2.16. The van der Waals surface area contributed by atoms with Gasteiger partial charge in [0.05, 0.1) is 15.7 Å². The molecule has 2 aromatic rings. The Morgan fingerprint density at radius 3 is 2.72 bits per heavy atom. The first-order chi connectivity index (χ1) is 8.54. The fourth-order valence-corrected chi connectivity index (χ4v) is 1.85. The van der Waals surface area contributed by atoms with Crippen LogP contribution in [0.15, 0.2) is 23.0 Å². The number of benzene rings is 1. The van der Waals surface area contributed by atoms with Crippen molar-refractivity contribution >= 4 is 23.2 Å². The van der Waals surface area contributed by atoms with Crippen molar-refractivity contribution in [1.82, 2.24) is 14.8 Å². The lowest BCUT2D eigenvalue weighted by Gasteiger charge is -2.11. The molecule has 5 nitrogen and oxygen atoms in total. The summed E-state index contributed by atoms with van der Waals surface area (Å²) in [7, 11) is 1.54. The van der Waals surface area contributed by atoms with Crippen LogP contribution in [0.2, 0.25) is 10.0 Å². The summed E-state index contributed by atoms with van der Waals surface area (Å²) in [6.45, 7) is 1.80. The molecule has 2 rings (SSSR count). The van der Waals surface area contributed by atoms with Gasteiger partial charge in [-0.3, -0.25) is 0 Å². The Labute approximate surface area is 113 Å². The van der Waals surface area contributed by atoms with Crippen molar-refractivity contribution < 1.29 is 4.74 Å². The van der Waals surface area contributed by atoms with Gasteiger partial charge in [0, 0.05) is 7.11 Å². The summed E-state index contributed by atoms with van der Waals surface area (Å²) in [5, 5.41) is 7.13. The predicted octanol–water partition coefficient (Wildman–Crippen LogP) is 2.57. The number of halogens is 2. The molecule has 0 fully saturated rings. The van der Waals surface area contributed by atoms with E-state index in [1.807, 2.05) is 0 Å². The highest BCUT2D eigenvalue weighted by Crippen LogP contribution is 2.25. The highest BCUT2D eigenvalue weighted by atomic mass is 35.5. The SMILES string of the molecule is COC(C)c1n[nH]c(=O)n1-c1ccc(Cl)c(Cl)c1. The van der Waals surface area contributed by atoms with E-state index in [-0.39, 0.29) is 11.8 Å². The van der Waals surface area contributed by atoms with Crippen molar-refractivity contribution in [1.29, 1.82) is 0 Å². The molecule has 1 aromatic heterocycles. The molecule has 0 bridgehead atoms. The normalized spacial score (nSPS) is 12.7. The third kappa shape index (κ3) is 2.29. The van der Waals surface area contributed by atoms with Gasteiger partial charge in [-0.15, -0.1) is 0 Å². The molecular formula is C11H11Cl2N3O2. The van der Waals surface area contributed by atoms with Crippen LogP contribution in [0, 0.1) is 0 Å². The third-order valence-electron chi connectivity index (χ3n) is 2.58. The Kier molecular flexibility index (Phi) is 3.75. The molecule has 0 spiro atoms. The lowest BCUT2D eigenvalue weighted by Crippen LogP contribution is -2.18. The van der Waals surface area contributed by atoms with E-state index in [1.165, 1.54) is 4.57 Å². The molecule has 7 heteroatoms. The summed E-state index contributed by atoms with van der Waals surface area (Å²) in [4.78, 5) is 11.8. The van der Waals surface area contributed by atoms with Crippen LogP contribution in [0.4, 0.5) is 0 Å². The standard InChI is InChI=1S/C11H11Cl2N3O2/c1-6(18-2)10-14-15-11(17)16(10)7-3-4-8(12)9(13)5-7/h3-6H,1-2H3,(H,15,17). The summed E-state index contributed by atoms with van der Waals surface area (Å²) in [5.74, 6) is 0.473. The first-order valence-corrected chi connectivity index (χ1v) is 5.95. The molecule has 1 unspecified atom stereocenters. The zero-order valence-electron chi connectivity index (χ0n) is 9.78. The maximum atomic E-state index is 11.8. The van der Waals surface area contributed by atoms with Crippen LogP contribution in [0.1, 0.15) is 18.9 Å². The Balaban J connectivity index is 2.59. The van der Waals surface area contributed by atoms with Crippen molar-refractivity contribution in [2.24, 2.45) is 0 Å². The van der Waals surface area contributed by atoms with Crippen molar-refractivity contribution in [3.8, 4) is 5.69 Å². The number of aromatic amines is 1. The molecule has 18 heavy (non-hydrogen) atoms. The summed E-state index contributed by atoms with van der Waals surface area (Å²) >= 11 is 11.8. The van der Waals surface area contributed by atoms with E-state index in [0.717, 1.165) is 0 Å². The Morgan fingerprint density at radius 2 is 2.11 bits per heavy atom. The van der Waals surface area contributed by atoms with Gasteiger partial charge in [0.2, 0.25) is 0 Å². The van der Waals surface area contributed by atoms with Crippen LogP contribution in [-0.4, -0.2) is 21.9 Å². The number of nitrogens with one attached hydrogen (secondary N) is 1. The number of methoxy groups -OCH3 is 1. The first kappa shape index (κ1) is 13.1. The minimum absolute atomic E-state index is 0.321. The molecule has 1 N–H and O–H groups in total. The quantitative estimate of drug-likeness (QED) is 0.944. The number of aromatic nitrogens is 3. The van der Waals surface area contributed by atoms with E-state index in [4.69, 9.17) is 27.9 Å². The molecule has 0 amide bonds. The highest BCUT2D eigenvalue weighted by molar-refractivity contribution is 6.42. The van der Waals surface area contributed by atoms with Gasteiger partial charge in [-0.25, -0.2) is 14.5 Å². The maximum absolute atomic E-state index is 11.8. The first-order valence-electron chi connectivity index (χ1n) is 5.20. The monoisotopic (exact) mass is 287 g/mol. The second kappa shape index (κ2) is 5.14. The third-order valence-corrected chi connectivity index (χ3v) is 3.32. The molecule has 0 aliphatic heterocycles. The van der Waals surface area contributed by atoms with E-state index in [1.54, 1.807) is 32.2 Å². The van der Waals surface area contributed by atoms with Crippen LogP contribution in [0.25, 0.3) is 5.69 Å². The molecule has 0 saturated carbocycles. The average Bonchev–Trinajstić information content (AvgIpc) is 2.74. The zero-order chi connectivity index (χ0) is 13.3. The second-order valence-electron chi connectivity index (χ2n) is 3.70. The van der Waals surface area contributed by atoms with E-state index < -0.39 is 0 Å².